The second-order valence-electron chi connectivity index (χ2n) is 5.96. The van der Waals surface area contributed by atoms with E-state index in [0.29, 0.717) is 12.3 Å². The molecule has 1 aromatic heterocycles. The zero-order valence-electron chi connectivity index (χ0n) is 14.4. The Bertz CT molecular complexity index is 670. The van der Waals surface area contributed by atoms with Crippen molar-refractivity contribution in [2.24, 2.45) is 0 Å². The van der Waals surface area contributed by atoms with Gasteiger partial charge in [-0.25, -0.2) is 0 Å². The smallest absolute Gasteiger partial charge is 0.251 e. The molecule has 1 aromatic carbocycles. The summed E-state index contributed by atoms with van der Waals surface area (Å²) >= 11 is 0. The maximum absolute atomic E-state index is 12.6. The van der Waals surface area contributed by atoms with E-state index in [2.05, 4.69) is 16.4 Å². The number of carbonyl (C=O) groups is 1. The summed E-state index contributed by atoms with van der Waals surface area (Å²) in [6, 6.07) is 5.79. The molecule has 0 aliphatic rings. The number of nitrogens with zero attached hydrogens (tertiary/aromatic N) is 1. The zero-order chi connectivity index (χ0) is 17.0. The molecule has 1 heterocycles. The van der Waals surface area contributed by atoms with Gasteiger partial charge >= 0.3 is 0 Å². The molecule has 1 atom stereocenters. The van der Waals surface area contributed by atoms with Crippen LogP contribution in [0.5, 0.6) is 5.75 Å². The minimum Gasteiger partial charge on any atom is -0.487 e. The van der Waals surface area contributed by atoms with E-state index in [1.54, 1.807) is 12.4 Å². The molecule has 4 heteroatoms. The highest BCUT2D eigenvalue weighted by atomic mass is 16.5. The molecular weight excluding hydrogens is 288 g/mol. The number of aryl methyl sites for hydroxylation is 2. The van der Waals surface area contributed by atoms with Gasteiger partial charge in [-0.1, -0.05) is 6.07 Å². The Hall–Kier alpha value is -2.36. The molecule has 0 saturated carbocycles. The van der Waals surface area contributed by atoms with E-state index in [9.17, 15) is 4.79 Å². The molecule has 0 fully saturated rings. The maximum atomic E-state index is 12.6. The van der Waals surface area contributed by atoms with Crippen LogP contribution >= 0.6 is 0 Å². The molecule has 0 aliphatic carbocycles. The summed E-state index contributed by atoms with van der Waals surface area (Å²) in [6.07, 6.45) is 3.23. The Kier molecular flexibility index (Phi) is 5.37. The van der Waals surface area contributed by atoms with Crippen LogP contribution in [-0.4, -0.2) is 23.5 Å². The first kappa shape index (κ1) is 17.0. The van der Waals surface area contributed by atoms with Gasteiger partial charge in [-0.3, -0.25) is 9.78 Å². The lowest BCUT2D eigenvalue weighted by Gasteiger charge is -2.18. The van der Waals surface area contributed by atoms with Gasteiger partial charge in [0.15, 0.2) is 0 Å². The first-order valence-electron chi connectivity index (χ1n) is 7.82. The highest BCUT2D eigenvalue weighted by molar-refractivity contribution is 5.97. The molecule has 0 radical (unpaired) electrons. The average Bonchev–Trinajstić information content (AvgIpc) is 2.52. The standard InChI is InChI=1S/C19H24N2O2/c1-12-9-13(2)16(5)18(15(12)4)19(22)21-10-14(3)23-17-7-6-8-20-11-17/h6-9,11,14H,10H2,1-5H3,(H,21,22)/t14-/m1/s1. The van der Waals surface area contributed by atoms with Crippen LogP contribution in [0.2, 0.25) is 0 Å². The largest absolute Gasteiger partial charge is 0.487 e. The van der Waals surface area contributed by atoms with Crippen molar-refractivity contribution in [2.45, 2.75) is 40.7 Å². The molecule has 1 N–H and O–H groups in total. The second kappa shape index (κ2) is 7.27. The summed E-state index contributed by atoms with van der Waals surface area (Å²) < 4.78 is 5.73. The van der Waals surface area contributed by atoms with Crippen molar-refractivity contribution in [3.05, 3.63) is 58.4 Å². The summed E-state index contributed by atoms with van der Waals surface area (Å²) in [6.45, 7) is 10.4. The van der Waals surface area contributed by atoms with Gasteiger partial charge in [0.1, 0.15) is 11.9 Å². The summed E-state index contributed by atoms with van der Waals surface area (Å²) in [7, 11) is 0. The number of hydrogen-bond donors (Lipinski definition) is 1. The van der Waals surface area contributed by atoms with Gasteiger partial charge in [0, 0.05) is 11.8 Å². The average molecular weight is 312 g/mol. The van der Waals surface area contributed by atoms with Gasteiger partial charge in [-0.2, -0.15) is 0 Å². The number of nitrogens with one attached hydrogen (secondary N) is 1. The third kappa shape index (κ3) is 4.09. The number of rotatable bonds is 5. The predicted octanol–water partition coefficient (Wildman–Crippen LogP) is 3.51. The van der Waals surface area contributed by atoms with E-state index >= 15 is 0 Å². The molecule has 0 aliphatic heterocycles. The number of hydrogen-bond acceptors (Lipinski definition) is 3. The molecular formula is C19H24N2O2. The van der Waals surface area contributed by atoms with Crippen molar-refractivity contribution in [3.8, 4) is 5.75 Å². The van der Waals surface area contributed by atoms with Gasteiger partial charge in [0.05, 0.1) is 12.7 Å². The Morgan fingerprint density at radius 2 is 1.87 bits per heavy atom. The molecule has 0 saturated heterocycles. The van der Waals surface area contributed by atoms with E-state index in [1.165, 1.54) is 0 Å². The predicted molar refractivity (Wildman–Crippen MR) is 92.1 cm³/mol. The Balaban J connectivity index is 2.03. The zero-order valence-corrected chi connectivity index (χ0v) is 14.4. The van der Waals surface area contributed by atoms with Crippen LogP contribution in [0.1, 0.15) is 39.5 Å². The van der Waals surface area contributed by atoms with Crippen molar-refractivity contribution in [1.82, 2.24) is 10.3 Å². The maximum Gasteiger partial charge on any atom is 0.251 e. The van der Waals surface area contributed by atoms with Crippen molar-refractivity contribution < 1.29 is 9.53 Å². The molecule has 23 heavy (non-hydrogen) atoms. The fourth-order valence-electron chi connectivity index (χ4n) is 2.57. The van der Waals surface area contributed by atoms with E-state index in [1.807, 2.05) is 46.8 Å². The van der Waals surface area contributed by atoms with Crippen molar-refractivity contribution in [2.75, 3.05) is 6.54 Å². The van der Waals surface area contributed by atoms with Crippen molar-refractivity contribution >= 4 is 5.91 Å². The Morgan fingerprint density at radius 1 is 1.22 bits per heavy atom. The monoisotopic (exact) mass is 312 g/mol. The third-order valence-corrected chi connectivity index (χ3v) is 4.11. The molecule has 2 aromatic rings. The van der Waals surface area contributed by atoms with E-state index < -0.39 is 0 Å². The van der Waals surface area contributed by atoms with Gasteiger partial charge in [0.25, 0.3) is 5.91 Å². The quantitative estimate of drug-likeness (QED) is 0.919. The van der Waals surface area contributed by atoms with Crippen LogP contribution in [-0.2, 0) is 0 Å². The molecule has 1 amide bonds. The summed E-state index contributed by atoms with van der Waals surface area (Å²) in [5.41, 5.74) is 5.12. The Labute approximate surface area is 137 Å². The van der Waals surface area contributed by atoms with Gasteiger partial charge in [-0.05, 0) is 69.0 Å². The molecule has 0 unspecified atom stereocenters. The number of amides is 1. The fraction of sp³-hybridized carbons (Fsp3) is 0.368. The molecule has 122 valence electrons. The van der Waals surface area contributed by atoms with Crippen LogP contribution < -0.4 is 10.1 Å². The van der Waals surface area contributed by atoms with E-state index in [4.69, 9.17) is 4.74 Å². The van der Waals surface area contributed by atoms with Crippen LogP contribution in [0, 0.1) is 27.7 Å². The number of ether oxygens (including phenoxy) is 1. The topological polar surface area (TPSA) is 51.2 Å². The van der Waals surface area contributed by atoms with Crippen LogP contribution in [0.3, 0.4) is 0 Å². The lowest BCUT2D eigenvalue weighted by Crippen LogP contribution is -2.34. The number of benzene rings is 1. The number of aromatic nitrogens is 1. The summed E-state index contributed by atoms with van der Waals surface area (Å²) in [4.78, 5) is 16.6. The second-order valence-corrected chi connectivity index (χ2v) is 5.96. The minimum absolute atomic E-state index is 0.0477. The summed E-state index contributed by atoms with van der Waals surface area (Å²) in [5.74, 6) is 0.654. The molecule has 4 nitrogen and oxygen atoms in total. The van der Waals surface area contributed by atoms with Crippen LogP contribution in [0.4, 0.5) is 0 Å². The van der Waals surface area contributed by atoms with E-state index in [-0.39, 0.29) is 12.0 Å². The van der Waals surface area contributed by atoms with E-state index in [0.717, 1.165) is 27.8 Å². The molecule has 2 rings (SSSR count). The minimum atomic E-state index is -0.130. The number of carbonyl (C=O) groups excluding carboxylic acids is 1. The van der Waals surface area contributed by atoms with Crippen molar-refractivity contribution in [1.29, 1.82) is 0 Å². The molecule has 0 spiro atoms. The Morgan fingerprint density at radius 3 is 2.43 bits per heavy atom. The lowest BCUT2D eigenvalue weighted by atomic mass is 9.94. The first-order chi connectivity index (χ1) is 10.9. The number of pyridine rings is 1. The van der Waals surface area contributed by atoms with Gasteiger partial charge in [-0.15, -0.1) is 0 Å². The van der Waals surface area contributed by atoms with Crippen LogP contribution in [0.15, 0.2) is 30.6 Å². The van der Waals surface area contributed by atoms with Crippen molar-refractivity contribution in [3.63, 3.8) is 0 Å². The lowest BCUT2D eigenvalue weighted by molar-refractivity contribution is 0.0930. The van der Waals surface area contributed by atoms with Crippen LogP contribution in [0.25, 0.3) is 0 Å². The summed E-state index contributed by atoms with van der Waals surface area (Å²) in [5, 5.41) is 2.97. The van der Waals surface area contributed by atoms with Gasteiger partial charge in [0.2, 0.25) is 0 Å². The third-order valence-electron chi connectivity index (χ3n) is 4.11. The normalized spacial score (nSPS) is 11.9. The highest BCUT2D eigenvalue weighted by Gasteiger charge is 2.16. The highest BCUT2D eigenvalue weighted by Crippen LogP contribution is 2.21. The first-order valence-corrected chi connectivity index (χ1v) is 7.82. The fourth-order valence-corrected chi connectivity index (χ4v) is 2.57. The molecule has 0 bridgehead atoms. The SMILES string of the molecule is Cc1cc(C)c(C)c(C(=O)NC[C@@H](C)Oc2cccnc2)c1C. The van der Waals surface area contributed by atoms with Gasteiger partial charge < -0.3 is 10.1 Å².